The molecule has 0 saturated heterocycles. The molecule has 3 N–H and O–H groups in total. The van der Waals surface area contributed by atoms with Crippen LogP contribution in [0.5, 0.6) is 0 Å². The van der Waals surface area contributed by atoms with Crippen molar-refractivity contribution in [2.24, 2.45) is 5.73 Å². The van der Waals surface area contributed by atoms with Gasteiger partial charge in [-0.15, -0.1) is 0 Å². The first-order chi connectivity index (χ1) is 18.8. The first-order valence-corrected chi connectivity index (χ1v) is 12.4. The Morgan fingerprint density at radius 2 is 1.72 bits per heavy atom. The normalized spacial score (nSPS) is 11.9. The van der Waals surface area contributed by atoms with Crippen LogP contribution in [0.3, 0.4) is 0 Å². The van der Waals surface area contributed by atoms with Crippen LogP contribution in [0.15, 0.2) is 91.1 Å². The topological polar surface area (TPSA) is 90.0 Å². The van der Waals surface area contributed by atoms with E-state index >= 15 is 0 Å². The number of carbonyl (C=O) groups is 2. The number of rotatable bonds is 8. The van der Waals surface area contributed by atoms with E-state index < -0.39 is 23.6 Å². The Morgan fingerprint density at radius 1 is 0.949 bits per heavy atom. The summed E-state index contributed by atoms with van der Waals surface area (Å²) in [4.78, 5) is 29.8. The van der Waals surface area contributed by atoms with Gasteiger partial charge in [-0.1, -0.05) is 36.4 Å². The predicted octanol–water partition coefficient (Wildman–Crippen LogP) is 5.49. The number of nitrogens with zero attached hydrogens (tertiary/aromatic N) is 2. The highest BCUT2D eigenvalue weighted by Crippen LogP contribution is 2.30. The van der Waals surface area contributed by atoms with Gasteiger partial charge in [-0.25, -0.2) is 8.78 Å². The number of carbonyl (C=O) groups excluding carboxylic acids is 2. The van der Waals surface area contributed by atoms with Crippen molar-refractivity contribution in [3.05, 3.63) is 125 Å². The number of halogens is 2. The Morgan fingerprint density at radius 3 is 2.49 bits per heavy atom. The lowest BCUT2D eigenvalue weighted by Crippen LogP contribution is -2.33. The van der Waals surface area contributed by atoms with E-state index in [2.05, 4.69) is 10.3 Å². The largest absolute Gasteiger partial charge is 0.366 e. The van der Waals surface area contributed by atoms with Crippen molar-refractivity contribution in [3.8, 4) is 11.1 Å². The Hall–Kier alpha value is -4.85. The third-order valence-electron chi connectivity index (χ3n) is 6.64. The number of para-hydroxylation sites is 1. The fraction of sp³-hybridized carbons (Fsp3) is 0.129. The van der Waals surface area contributed by atoms with Crippen LogP contribution >= 0.6 is 0 Å². The van der Waals surface area contributed by atoms with Crippen molar-refractivity contribution in [3.63, 3.8) is 0 Å². The molecule has 8 heteroatoms. The summed E-state index contributed by atoms with van der Waals surface area (Å²) in [7, 11) is 0. The first-order valence-electron chi connectivity index (χ1n) is 12.4. The Labute approximate surface area is 224 Å². The zero-order chi connectivity index (χ0) is 27.5. The van der Waals surface area contributed by atoms with Crippen molar-refractivity contribution in [1.29, 1.82) is 0 Å². The van der Waals surface area contributed by atoms with Crippen LogP contribution in [0.25, 0.3) is 22.0 Å². The molecule has 0 aliphatic heterocycles. The monoisotopic (exact) mass is 524 g/mol. The fourth-order valence-corrected chi connectivity index (χ4v) is 4.90. The summed E-state index contributed by atoms with van der Waals surface area (Å²) in [6.45, 7) is 1.98. The zero-order valence-electron chi connectivity index (χ0n) is 21.2. The van der Waals surface area contributed by atoms with Gasteiger partial charge in [0.15, 0.2) is 0 Å². The van der Waals surface area contributed by atoms with Gasteiger partial charge in [-0.05, 0) is 72.3 Å². The summed E-state index contributed by atoms with van der Waals surface area (Å²) in [5.74, 6) is -2.28. The Kier molecular flexibility index (Phi) is 7.19. The summed E-state index contributed by atoms with van der Waals surface area (Å²) in [5.41, 5.74) is 9.85. The maximum Gasteiger partial charge on any atom is 0.248 e. The molecule has 0 radical (unpaired) electrons. The van der Waals surface area contributed by atoms with Gasteiger partial charge in [0, 0.05) is 34.6 Å². The number of fused-ring (bicyclic) bond motifs is 1. The highest BCUT2D eigenvalue weighted by atomic mass is 19.1. The molecular formula is C31H26F2N4O2. The molecule has 6 nitrogen and oxygen atoms in total. The number of primary amides is 1. The van der Waals surface area contributed by atoms with Gasteiger partial charge in [0.25, 0.3) is 0 Å². The first kappa shape index (κ1) is 25.8. The van der Waals surface area contributed by atoms with E-state index in [9.17, 15) is 18.4 Å². The fourth-order valence-electron chi connectivity index (χ4n) is 4.90. The third-order valence-corrected chi connectivity index (χ3v) is 6.64. The molecule has 1 unspecified atom stereocenters. The number of benzene rings is 3. The van der Waals surface area contributed by atoms with Crippen molar-refractivity contribution in [2.45, 2.75) is 25.9 Å². The lowest BCUT2D eigenvalue weighted by molar-refractivity contribution is -0.122. The van der Waals surface area contributed by atoms with Crippen LogP contribution in [-0.2, 0) is 17.8 Å². The van der Waals surface area contributed by atoms with Crippen LogP contribution < -0.4 is 11.1 Å². The van der Waals surface area contributed by atoms with Gasteiger partial charge in [-0.3, -0.25) is 14.6 Å². The van der Waals surface area contributed by atoms with Crippen LogP contribution in [0.1, 0.15) is 33.4 Å². The minimum Gasteiger partial charge on any atom is -0.366 e. The molecule has 0 bridgehead atoms. The van der Waals surface area contributed by atoms with Gasteiger partial charge in [0.1, 0.15) is 18.2 Å². The lowest BCUT2D eigenvalue weighted by atomic mass is 9.94. The number of aromatic nitrogens is 2. The zero-order valence-corrected chi connectivity index (χ0v) is 21.2. The number of aryl methyl sites for hydroxylation is 1. The smallest absolute Gasteiger partial charge is 0.248 e. The summed E-state index contributed by atoms with van der Waals surface area (Å²) in [6, 6.07) is 22.7. The molecule has 2 aromatic heterocycles. The van der Waals surface area contributed by atoms with E-state index in [1.165, 1.54) is 12.1 Å². The summed E-state index contributed by atoms with van der Waals surface area (Å²) in [5, 5.41) is 4.06. The van der Waals surface area contributed by atoms with E-state index in [1.54, 1.807) is 30.5 Å². The van der Waals surface area contributed by atoms with Gasteiger partial charge >= 0.3 is 0 Å². The minimum atomic E-state index is -0.728. The average molecular weight is 525 g/mol. The van der Waals surface area contributed by atoms with E-state index in [1.807, 2.05) is 54.0 Å². The molecule has 5 rings (SSSR count). The molecule has 0 saturated carbocycles. The summed E-state index contributed by atoms with van der Waals surface area (Å²) in [6.07, 6.45) is 1.68. The van der Waals surface area contributed by atoms with Crippen molar-refractivity contribution >= 4 is 22.7 Å². The van der Waals surface area contributed by atoms with Gasteiger partial charge in [0.05, 0.1) is 11.7 Å². The number of pyridine rings is 1. The number of nitrogens with one attached hydrogen (secondary N) is 1. The van der Waals surface area contributed by atoms with E-state index in [0.29, 0.717) is 27.9 Å². The standard InChI is InChI=1S/C31H26F2N4O2/c1-19-12-22-6-2-3-10-28(22)37(19)18-29(38)36-27(15-20-13-24(32)17-25(33)14-20)30-26(9-5-11-35-30)21-7-4-8-23(16-21)31(34)39/h2-14,16-17,27H,15,18H2,1H3,(H2,34,39)(H,36,38). The van der Waals surface area contributed by atoms with Crippen LogP contribution in [0, 0.1) is 18.6 Å². The lowest BCUT2D eigenvalue weighted by Gasteiger charge is -2.22. The maximum atomic E-state index is 14.1. The van der Waals surface area contributed by atoms with E-state index in [0.717, 1.165) is 22.7 Å². The number of amides is 2. The summed E-state index contributed by atoms with van der Waals surface area (Å²) < 4.78 is 30.0. The SMILES string of the molecule is Cc1cc2ccccc2n1CC(=O)NC(Cc1cc(F)cc(F)c1)c1ncccc1-c1cccc(C(N)=O)c1. The molecule has 2 heterocycles. The number of hydrogen-bond acceptors (Lipinski definition) is 3. The van der Waals surface area contributed by atoms with Crippen LogP contribution in [0.2, 0.25) is 0 Å². The van der Waals surface area contributed by atoms with E-state index in [4.69, 9.17) is 5.73 Å². The number of nitrogens with two attached hydrogens (primary N) is 1. The van der Waals surface area contributed by atoms with E-state index in [-0.39, 0.29) is 18.9 Å². The molecule has 39 heavy (non-hydrogen) atoms. The van der Waals surface area contributed by atoms with Gasteiger partial charge in [0.2, 0.25) is 11.8 Å². The molecule has 196 valence electrons. The highest BCUT2D eigenvalue weighted by Gasteiger charge is 2.22. The predicted molar refractivity (Wildman–Crippen MR) is 146 cm³/mol. The molecule has 0 fully saturated rings. The molecule has 2 amide bonds. The Balaban J connectivity index is 1.53. The second kappa shape index (κ2) is 10.9. The van der Waals surface area contributed by atoms with Gasteiger partial charge < -0.3 is 15.6 Å². The molecule has 5 aromatic rings. The van der Waals surface area contributed by atoms with Crippen LogP contribution in [-0.4, -0.2) is 21.4 Å². The second-order valence-electron chi connectivity index (χ2n) is 9.41. The number of hydrogen-bond donors (Lipinski definition) is 2. The molecular weight excluding hydrogens is 498 g/mol. The van der Waals surface area contributed by atoms with Crippen LogP contribution in [0.4, 0.5) is 8.78 Å². The minimum absolute atomic E-state index is 0.0483. The van der Waals surface area contributed by atoms with Crippen molar-refractivity contribution in [2.75, 3.05) is 0 Å². The quantitative estimate of drug-likeness (QED) is 0.281. The van der Waals surface area contributed by atoms with Gasteiger partial charge in [-0.2, -0.15) is 0 Å². The molecule has 3 aromatic carbocycles. The molecule has 0 aliphatic rings. The van der Waals surface area contributed by atoms with Crippen molar-refractivity contribution in [1.82, 2.24) is 14.9 Å². The average Bonchev–Trinajstić information content (AvgIpc) is 3.22. The highest BCUT2D eigenvalue weighted by molar-refractivity contribution is 5.94. The summed E-state index contributed by atoms with van der Waals surface area (Å²) >= 11 is 0. The molecule has 0 aliphatic carbocycles. The van der Waals surface area contributed by atoms with Crippen molar-refractivity contribution < 1.29 is 18.4 Å². The Bertz CT molecular complexity index is 1680. The third kappa shape index (κ3) is 5.70. The molecule has 1 atom stereocenters. The second-order valence-corrected chi connectivity index (χ2v) is 9.41. The maximum absolute atomic E-state index is 14.1. The molecule has 0 spiro atoms.